The molecule has 1 aliphatic heterocycles. The van der Waals surface area contributed by atoms with E-state index in [2.05, 4.69) is 59.2 Å². The molecule has 0 bridgehead atoms. The van der Waals surface area contributed by atoms with Crippen molar-refractivity contribution in [2.75, 3.05) is 6.54 Å². The van der Waals surface area contributed by atoms with Gasteiger partial charge in [-0.3, -0.25) is 4.79 Å². The van der Waals surface area contributed by atoms with Crippen LogP contribution < -0.4 is 0 Å². The molecule has 1 aliphatic carbocycles. The number of hydrogen-bond acceptors (Lipinski definition) is 2. The Morgan fingerprint density at radius 1 is 0.676 bits per heavy atom. The number of ketones is 1. The first-order valence-corrected chi connectivity index (χ1v) is 12.7. The van der Waals surface area contributed by atoms with Crippen molar-refractivity contribution in [3.05, 3.63) is 148 Å². The molecule has 2 aliphatic rings. The van der Waals surface area contributed by atoms with Crippen molar-refractivity contribution in [2.24, 2.45) is 0 Å². The Kier molecular flexibility index (Phi) is 5.69. The van der Waals surface area contributed by atoms with E-state index in [4.69, 9.17) is 0 Å². The number of hydrogen-bond donors (Lipinski definition) is 1. The number of Topliss-reactive ketones (excluding diaryl/α,β-unsaturated/α-hetero) is 1. The van der Waals surface area contributed by atoms with E-state index in [0.29, 0.717) is 17.8 Å². The van der Waals surface area contributed by atoms with Crippen LogP contribution in [0.3, 0.4) is 0 Å². The van der Waals surface area contributed by atoms with Crippen molar-refractivity contribution in [1.29, 1.82) is 0 Å². The molecule has 6 rings (SSSR count). The molecule has 0 fully saturated rings. The summed E-state index contributed by atoms with van der Waals surface area (Å²) in [7, 11) is 0. The van der Waals surface area contributed by atoms with Gasteiger partial charge in [0.2, 0.25) is 5.71 Å². The molecule has 4 aromatic rings. The third-order valence-corrected chi connectivity index (χ3v) is 7.33. The summed E-state index contributed by atoms with van der Waals surface area (Å²) >= 11 is 0. The third kappa shape index (κ3) is 3.75. The van der Waals surface area contributed by atoms with E-state index in [-0.39, 0.29) is 11.5 Å². The van der Waals surface area contributed by atoms with E-state index in [0.717, 1.165) is 51.1 Å². The van der Waals surface area contributed by atoms with Crippen LogP contribution in [0.1, 0.15) is 41.7 Å². The lowest BCUT2D eigenvalue weighted by molar-refractivity contribution is -0.475. The van der Waals surface area contributed by atoms with Gasteiger partial charge in [-0.15, -0.1) is 0 Å². The van der Waals surface area contributed by atoms with Crippen LogP contribution >= 0.6 is 0 Å². The topological polar surface area (TPSA) is 40.3 Å². The summed E-state index contributed by atoms with van der Waals surface area (Å²) in [6.45, 7) is 3.95. The Bertz CT molecular complexity index is 1600. The van der Waals surface area contributed by atoms with Crippen LogP contribution in [0, 0.1) is 0 Å². The van der Waals surface area contributed by atoms with Gasteiger partial charge in [0.15, 0.2) is 18.1 Å². The van der Waals surface area contributed by atoms with Crippen molar-refractivity contribution in [1.82, 2.24) is 0 Å². The number of rotatable bonds is 4. The highest BCUT2D eigenvalue weighted by Gasteiger charge is 2.38. The molecule has 37 heavy (non-hydrogen) atoms. The average Bonchev–Trinajstić information content (AvgIpc) is 3.25. The lowest BCUT2D eigenvalue weighted by Crippen LogP contribution is -2.33. The van der Waals surface area contributed by atoms with Gasteiger partial charge in [-0.2, -0.15) is 4.58 Å². The van der Waals surface area contributed by atoms with Crippen molar-refractivity contribution >= 4 is 17.1 Å². The Morgan fingerprint density at radius 2 is 1.19 bits per heavy atom. The van der Waals surface area contributed by atoms with Gasteiger partial charge >= 0.3 is 0 Å². The van der Waals surface area contributed by atoms with Crippen LogP contribution in [0.4, 0.5) is 0 Å². The SMILES string of the molecule is CC(=O)C(=C1c2ccccc2-c2ccccc21)C(=C(C)O)[N+]1=C(c2ccccc2)c2ccccc2CC1. The molecule has 4 aromatic carbocycles. The van der Waals surface area contributed by atoms with E-state index in [9.17, 15) is 9.90 Å². The van der Waals surface area contributed by atoms with Gasteiger partial charge < -0.3 is 5.11 Å². The van der Waals surface area contributed by atoms with Crippen molar-refractivity contribution in [3.63, 3.8) is 0 Å². The fourth-order valence-electron chi connectivity index (χ4n) is 5.85. The minimum atomic E-state index is -0.0730. The highest BCUT2D eigenvalue weighted by molar-refractivity contribution is 6.15. The Morgan fingerprint density at radius 3 is 1.76 bits per heavy atom. The second kappa shape index (κ2) is 9.18. The Labute approximate surface area is 217 Å². The maximum atomic E-state index is 13.6. The number of fused-ring (bicyclic) bond motifs is 4. The zero-order valence-corrected chi connectivity index (χ0v) is 21.0. The fraction of sp³-hybridized carbons (Fsp3) is 0.118. The monoisotopic (exact) mass is 482 g/mol. The first kappa shape index (κ1) is 22.9. The van der Waals surface area contributed by atoms with Crippen LogP contribution in [0.5, 0.6) is 0 Å². The summed E-state index contributed by atoms with van der Waals surface area (Å²) in [5.74, 6) is 0.0588. The minimum Gasteiger partial charge on any atom is -0.506 e. The van der Waals surface area contributed by atoms with Crippen LogP contribution in [0.15, 0.2) is 120 Å². The molecule has 1 N–H and O–H groups in total. The zero-order chi connectivity index (χ0) is 25.5. The van der Waals surface area contributed by atoms with E-state index >= 15 is 0 Å². The number of aliphatic hydroxyl groups excluding tert-OH is 1. The first-order chi connectivity index (χ1) is 18.1. The molecule has 3 nitrogen and oxygen atoms in total. The molecular formula is C34H28NO2+. The van der Waals surface area contributed by atoms with Gasteiger partial charge in [0, 0.05) is 17.6 Å². The summed E-state index contributed by atoms with van der Waals surface area (Å²) in [6, 6.07) is 35.1. The molecule has 0 atom stereocenters. The van der Waals surface area contributed by atoms with Gasteiger partial charge in [-0.25, -0.2) is 0 Å². The summed E-state index contributed by atoms with van der Waals surface area (Å²) in [5, 5.41) is 11.3. The summed E-state index contributed by atoms with van der Waals surface area (Å²) in [6.07, 6.45) is 0.816. The normalized spacial score (nSPS) is 14.5. The number of benzene rings is 4. The van der Waals surface area contributed by atoms with Crippen LogP contribution in [0.25, 0.3) is 16.7 Å². The summed E-state index contributed by atoms with van der Waals surface area (Å²) < 4.78 is 2.15. The largest absolute Gasteiger partial charge is 0.506 e. The quantitative estimate of drug-likeness (QED) is 0.171. The number of allylic oxidation sites excluding steroid dienone is 2. The summed E-state index contributed by atoms with van der Waals surface area (Å²) in [4.78, 5) is 13.6. The maximum absolute atomic E-state index is 13.6. The Hall–Kier alpha value is -4.50. The molecular weight excluding hydrogens is 454 g/mol. The van der Waals surface area contributed by atoms with Gasteiger partial charge in [0.25, 0.3) is 5.70 Å². The zero-order valence-electron chi connectivity index (χ0n) is 21.0. The number of nitrogens with zero attached hydrogens (tertiary/aromatic N) is 1. The van der Waals surface area contributed by atoms with Gasteiger partial charge in [-0.1, -0.05) is 84.9 Å². The molecule has 0 saturated carbocycles. The van der Waals surface area contributed by atoms with Crippen LogP contribution in [-0.4, -0.2) is 27.7 Å². The number of carbonyl (C=O) groups is 1. The predicted molar refractivity (Wildman–Crippen MR) is 149 cm³/mol. The summed E-state index contributed by atoms with van der Waals surface area (Å²) in [5.41, 5.74) is 10.7. The number of aliphatic hydroxyl groups is 1. The molecule has 0 radical (unpaired) electrons. The Balaban J connectivity index is 1.72. The van der Waals surface area contributed by atoms with Crippen molar-refractivity contribution in [2.45, 2.75) is 20.3 Å². The van der Waals surface area contributed by atoms with Crippen molar-refractivity contribution in [3.8, 4) is 11.1 Å². The molecule has 1 heterocycles. The van der Waals surface area contributed by atoms with E-state index in [1.807, 2.05) is 48.5 Å². The maximum Gasteiger partial charge on any atom is 0.254 e. The van der Waals surface area contributed by atoms with Crippen LogP contribution in [0.2, 0.25) is 0 Å². The molecule has 3 heteroatoms. The van der Waals surface area contributed by atoms with E-state index < -0.39 is 0 Å². The van der Waals surface area contributed by atoms with Gasteiger partial charge in [0.1, 0.15) is 5.57 Å². The van der Waals surface area contributed by atoms with Crippen LogP contribution in [-0.2, 0) is 11.2 Å². The first-order valence-electron chi connectivity index (χ1n) is 12.7. The van der Waals surface area contributed by atoms with E-state index in [1.54, 1.807) is 13.8 Å². The highest BCUT2D eigenvalue weighted by Crippen LogP contribution is 2.47. The standard InChI is InChI=1S/C34H27NO2/c1-22(36)31(32-29-18-10-8-16-27(29)28-17-9-11-19-30(28)32)33(23(2)37)35-21-20-24-12-6-7-15-26(24)34(35)25-13-4-3-5-14-25/h3-19H,20-21H2,1-2H3/p+1. The predicted octanol–water partition coefficient (Wildman–Crippen LogP) is 6.95. The molecule has 0 saturated heterocycles. The second-order valence-corrected chi connectivity index (χ2v) is 9.60. The number of carbonyl (C=O) groups excluding carboxylic acids is 1. The smallest absolute Gasteiger partial charge is 0.254 e. The molecule has 0 spiro atoms. The van der Waals surface area contributed by atoms with Crippen molar-refractivity contribution < 1.29 is 14.5 Å². The second-order valence-electron chi connectivity index (χ2n) is 9.60. The lowest BCUT2D eigenvalue weighted by Gasteiger charge is -2.22. The van der Waals surface area contributed by atoms with Gasteiger partial charge in [-0.05, 0) is 59.9 Å². The molecule has 0 aromatic heterocycles. The highest BCUT2D eigenvalue weighted by atomic mass is 16.3. The lowest BCUT2D eigenvalue weighted by atomic mass is 9.89. The third-order valence-electron chi connectivity index (χ3n) is 7.33. The van der Waals surface area contributed by atoms with E-state index in [1.165, 1.54) is 5.56 Å². The minimum absolute atomic E-state index is 0.0730. The molecule has 0 unspecified atom stereocenters. The fourth-order valence-corrected chi connectivity index (χ4v) is 5.85. The molecule has 0 amide bonds. The average molecular weight is 483 g/mol. The van der Waals surface area contributed by atoms with Gasteiger partial charge in [0.05, 0.1) is 5.56 Å². The molecule has 180 valence electrons.